The Balaban J connectivity index is 1.68. The fourth-order valence-corrected chi connectivity index (χ4v) is 2.84. The van der Waals surface area contributed by atoms with Gasteiger partial charge in [0.2, 0.25) is 6.29 Å². The topological polar surface area (TPSA) is 85.0 Å². The molecule has 0 bridgehead atoms. The lowest BCUT2D eigenvalue weighted by Crippen LogP contribution is -2.21. The summed E-state index contributed by atoms with van der Waals surface area (Å²) in [5, 5.41) is 10.0. The largest absolute Gasteiger partial charge is 0.465 e. The van der Waals surface area contributed by atoms with Gasteiger partial charge in [-0.15, -0.1) is 0 Å². The molecule has 1 atom stereocenters. The number of aliphatic hydroxyl groups excluding tert-OH is 1. The first-order chi connectivity index (χ1) is 14.5. The molecule has 154 valence electrons. The van der Waals surface area contributed by atoms with Crippen molar-refractivity contribution < 1.29 is 19.4 Å². The van der Waals surface area contributed by atoms with Gasteiger partial charge in [0.1, 0.15) is 11.4 Å². The van der Waals surface area contributed by atoms with Gasteiger partial charge in [-0.3, -0.25) is 0 Å². The first-order valence-electron chi connectivity index (χ1n) is 9.51. The van der Waals surface area contributed by atoms with Crippen LogP contribution in [0.4, 0.5) is 17.1 Å². The predicted molar refractivity (Wildman–Crippen MR) is 117 cm³/mol. The molecule has 0 aliphatic carbocycles. The first kappa shape index (κ1) is 21.0. The molecular weight excluding hydrogens is 380 g/mol. The zero-order valence-electron chi connectivity index (χ0n) is 16.5. The number of aliphatic hydroxyl groups is 1. The fraction of sp³-hybridized carbons (Fsp3) is 0.125. The molecule has 6 nitrogen and oxygen atoms in total. The summed E-state index contributed by atoms with van der Waals surface area (Å²) in [6, 6.07) is 27.5. The molecular formula is C24H24N2O4. The van der Waals surface area contributed by atoms with E-state index in [1.807, 2.05) is 72.8 Å². The van der Waals surface area contributed by atoms with Crippen molar-refractivity contribution in [3.05, 3.63) is 97.2 Å². The van der Waals surface area contributed by atoms with Gasteiger partial charge in [0.05, 0.1) is 6.61 Å². The van der Waals surface area contributed by atoms with Crippen molar-refractivity contribution in [2.45, 2.75) is 12.7 Å². The number of para-hydroxylation sites is 2. The highest BCUT2D eigenvalue weighted by molar-refractivity contribution is 5.86. The third-order valence-electron chi connectivity index (χ3n) is 4.26. The standard InChI is InChI=1S/C24H24N2O4/c1-18(25)24(28)29-17-16-23(27)30-22-14-12-21(13-15-22)26(19-8-4-2-5-9-19)20-10-6-3-7-11-20/h2-15,23,27H,1,16-17,25H2. The summed E-state index contributed by atoms with van der Waals surface area (Å²) in [5.74, 6) is -0.199. The van der Waals surface area contributed by atoms with Crippen LogP contribution in [0, 0.1) is 0 Å². The fourth-order valence-electron chi connectivity index (χ4n) is 2.84. The Morgan fingerprint density at radius 2 is 1.40 bits per heavy atom. The van der Waals surface area contributed by atoms with Gasteiger partial charge in [0.15, 0.2) is 0 Å². The van der Waals surface area contributed by atoms with E-state index in [-0.39, 0.29) is 18.7 Å². The summed E-state index contributed by atoms with van der Waals surface area (Å²) >= 11 is 0. The van der Waals surface area contributed by atoms with Crippen LogP contribution in [0.25, 0.3) is 0 Å². The van der Waals surface area contributed by atoms with Crippen molar-refractivity contribution in [2.24, 2.45) is 5.73 Å². The lowest BCUT2D eigenvalue weighted by molar-refractivity contribution is -0.141. The summed E-state index contributed by atoms with van der Waals surface area (Å²) in [4.78, 5) is 13.4. The minimum atomic E-state index is -1.12. The van der Waals surface area contributed by atoms with E-state index in [9.17, 15) is 9.90 Å². The third-order valence-corrected chi connectivity index (χ3v) is 4.26. The van der Waals surface area contributed by atoms with E-state index in [1.54, 1.807) is 12.1 Å². The second kappa shape index (κ2) is 10.1. The Morgan fingerprint density at radius 1 is 0.900 bits per heavy atom. The average Bonchev–Trinajstić information content (AvgIpc) is 2.76. The molecule has 6 heteroatoms. The Kier molecular flexibility index (Phi) is 7.08. The molecule has 1 unspecified atom stereocenters. The van der Waals surface area contributed by atoms with Crippen molar-refractivity contribution >= 4 is 23.0 Å². The molecule has 0 radical (unpaired) electrons. The Bertz CT molecular complexity index is 920. The zero-order chi connectivity index (χ0) is 21.3. The molecule has 0 heterocycles. The lowest BCUT2D eigenvalue weighted by Gasteiger charge is -2.25. The number of benzene rings is 3. The highest BCUT2D eigenvalue weighted by atomic mass is 16.6. The summed E-state index contributed by atoms with van der Waals surface area (Å²) in [7, 11) is 0. The van der Waals surface area contributed by atoms with Gasteiger partial charge in [0, 0.05) is 23.5 Å². The maximum absolute atomic E-state index is 11.2. The van der Waals surface area contributed by atoms with Gasteiger partial charge < -0.3 is 25.2 Å². The smallest absolute Gasteiger partial charge is 0.353 e. The number of nitrogens with two attached hydrogens (primary N) is 1. The van der Waals surface area contributed by atoms with Crippen LogP contribution < -0.4 is 15.4 Å². The molecule has 3 N–H and O–H groups in total. The Labute approximate surface area is 175 Å². The number of ether oxygens (including phenoxy) is 2. The summed E-state index contributed by atoms with van der Waals surface area (Å²) in [6.07, 6.45) is -1.00. The van der Waals surface area contributed by atoms with E-state index in [0.29, 0.717) is 5.75 Å². The molecule has 3 aromatic rings. The monoisotopic (exact) mass is 404 g/mol. The third kappa shape index (κ3) is 5.62. The Morgan fingerprint density at radius 3 is 1.90 bits per heavy atom. The molecule has 3 aromatic carbocycles. The molecule has 0 aromatic heterocycles. The number of carbonyl (C=O) groups excluding carboxylic acids is 1. The number of rotatable bonds is 9. The summed E-state index contributed by atoms with van der Waals surface area (Å²) < 4.78 is 10.3. The van der Waals surface area contributed by atoms with Crippen LogP contribution in [0.15, 0.2) is 97.2 Å². The SMILES string of the molecule is C=C(N)C(=O)OCCC(O)Oc1ccc(N(c2ccccc2)c2ccccc2)cc1. The van der Waals surface area contributed by atoms with Gasteiger partial charge in [-0.05, 0) is 48.5 Å². The van der Waals surface area contributed by atoms with Crippen LogP contribution in [0.1, 0.15) is 6.42 Å². The van der Waals surface area contributed by atoms with E-state index in [0.717, 1.165) is 17.1 Å². The van der Waals surface area contributed by atoms with E-state index in [4.69, 9.17) is 15.2 Å². The average molecular weight is 404 g/mol. The van der Waals surface area contributed by atoms with Crippen LogP contribution in [0.2, 0.25) is 0 Å². The van der Waals surface area contributed by atoms with Crippen molar-refractivity contribution in [2.75, 3.05) is 11.5 Å². The number of hydrogen-bond donors (Lipinski definition) is 2. The molecule has 0 saturated heterocycles. The van der Waals surface area contributed by atoms with E-state index in [2.05, 4.69) is 11.5 Å². The molecule has 0 amide bonds. The second-order valence-electron chi connectivity index (χ2n) is 6.52. The normalized spacial score (nSPS) is 11.4. The predicted octanol–water partition coefficient (Wildman–Crippen LogP) is 4.26. The Hall–Kier alpha value is -3.77. The molecule has 0 spiro atoms. The van der Waals surface area contributed by atoms with Gasteiger partial charge >= 0.3 is 5.97 Å². The van der Waals surface area contributed by atoms with Gasteiger partial charge in [-0.25, -0.2) is 4.79 Å². The molecule has 30 heavy (non-hydrogen) atoms. The minimum Gasteiger partial charge on any atom is -0.465 e. The van der Waals surface area contributed by atoms with Crippen LogP contribution >= 0.6 is 0 Å². The first-order valence-corrected chi connectivity index (χ1v) is 9.51. The van der Waals surface area contributed by atoms with Crippen LogP contribution in [0.3, 0.4) is 0 Å². The number of carbonyl (C=O) groups is 1. The highest BCUT2D eigenvalue weighted by Gasteiger charge is 2.13. The van der Waals surface area contributed by atoms with Crippen molar-refractivity contribution in [1.29, 1.82) is 0 Å². The van der Waals surface area contributed by atoms with Crippen LogP contribution in [0.5, 0.6) is 5.75 Å². The molecule has 0 aliphatic heterocycles. The van der Waals surface area contributed by atoms with E-state index < -0.39 is 12.3 Å². The van der Waals surface area contributed by atoms with E-state index in [1.165, 1.54) is 0 Å². The number of anilines is 3. The molecule has 0 saturated carbocycles. The summed E-state index contributed by atoms with van der Waals surface area (Å²) in [5.41, 5.74) is 8.06. The molecule has 0 fully saturated rings. The van der Waals surface area contributed by atoms with Crippen molar-refractivity contribution in [1.82, 2.24) is 0 Å². The quantitative estimate of drug-likeness (QED) is 0.315. The highest BCUT2D eigenvalue weighted by Crippen LogP contribution is 2.34. The number of hydrogen-bond acceptors (Lipinski definition) is 6. The van der Waals surface area contributed by atoms with Crippen molar-refractivity contribution in [3.8, 4) is 5.75 Å². The molecule has 3 rings (SSSR count). The lowest BCUT2D eigenvalue weighted by atomic mass is 10.2. The van der Waals surface area contributed by atoms with Crippen molar-refractivity contribution in [3.63, 3.8) is 0 Å². The number of esters is 1. The van der Waals surface area contributed by atoms with Crippen LogP contribution in [-0.4, -0.2) is 24.0 Å². The van der Waals surface area contributed by atoms with Gasteiger partial charge in [-0.2, -0.15) is 0 Å². The zero-order valence-corrected chi connectivity index (χ0v) is 16.5. The molecule has 0 aliphatic rings. The maximum Gasteiger partial charge on any atom is 0.353 e. The number of nitrogens with zero attached hydrogens (tertiary/aromatic N) is 1. The van der Waals surface area contributed by atoms with Gasteiger partial charge in [0.25, 0.3) is 0 Å². The van der Waals surface area contributed by atoms with Crippen LogP contribution in [-0.2, 0) is 9.53 Å². The van der Waals surface area contributed by atoms with E-state index >= 15 is 0 Å². The maximum atomic E-state index is 11.2. The minimum absolute atomic E-state index is 0.0237. The van der Waals surface area contributed by atoms with Gasteiger partial charge in [-0.1, -0.05) is 43.0 Å². The second-order valence-corrected chi connectivity index (χ2v) is 6.52. The summed E-state index contributed by atoms with van der Waals surface area (Å²) in [6.45, 7) is 3.27.